The van der Waals surface area contributed by atoms with E-state index in [4.69, 9.17) is 4.98 Å². The highest BCUT2D eigenvalue weighted by Crippen LogP contribution is 2.41. The lowest BCUT2D eigenvalue weighted by Gasteiger charge is -2.17. The first-order valence-electron chi connectivity index (χ1n) is 9.13. The first-order chi connectivity index (χ1) is 14.0. The van der Waals surface area contributed by atoms with Crippen molar-refractivity contribution in [1.29, 1.82) is 0 Å². The summed E-state index contributed by atoms with van der Waals surface area (Å²) in [5, 5.41) is 8.38. The molecule has 0 bridgehead atoms. The van der Waals surface area contributed by atoms with Crippen LogP contribution in [0.3, 0.4) is 0 Å². The minimum absolute atomic E-state index is 0.0537. The van der Waals surface area contributed by atoms with Crippen LogP contribution in [0.25, 0.3) is 21.0 Å². The Labute approximate surface area is 169 Å². The van der Waals surface area contributed by atoms with E-state index in [1.165, 1.54) is 23.7 Å². The van der Waals surface area contributed by atoms with Crippen molar-refractivity contribution in [2.45, 2.75) is 13.0 Å². The van der Waals surface area contributed by atoms with Crippen LogP contribution < -0.4 is 15.5 Å². The SMILES string of the molecule is C[C@H]1CNc2c(sc3ccc4nc(N(C)c5cc(F)ncn5)ccc4c23)C(=O)N1. The van der Waals surface area contributed by atoms with Gasteiger partial charge in [-0.2, -0.15) is 4.39 Å². The van der Waals surface area contributed by atoms with Crippen LogP contribution >= 0.6 is 11.3 Å². The van der Waals surface area contributed by atoms with Gasteiger partial charge in [-0.25, -0.2) is 15.0 Å². The average molecular weight is 408 g/mol. The molecule has 0 aliphatic carbocycles. The lowest BCUT2D eigenvalue weighted by atomic mass is 10.1. The molecule has 0 unspecified atom stereocenters. The maximum atomic E-state index is 13.5. The number of benzene rings is 1. The molecule has 1 aromatic carbocycles. The largest absolute Gasteiger partial charge is 0.381 e. The van der Waals surface area contributed by atoms with Gasteiger partial charge in [0.05, 0.1) is 11.2 Å². The summed E-state index contributed by atoms with van der Waals surface area (Å²) in [5.74, 6) is 0.406. The van der Waals surface area contributed by atoms with E-state index >= 15 is 0 Å². The van der Waals surface area contributed by atoms with E-state index in [0.717, 1.165) is 26.7 Å². The summed E-state index contributed by atoms with van der Waals surface area (Å²) in [6.07, 6.45) is 1.18. The molecular weight excluding hydrogens is 391 g/mol. The molecule has 5 rings (SSSR count). The number of rotatable bonds is 2. The topological polar surface area (TPSA) is 83.0 Å². The van der Waals surface area contributed by atoms with Gasteiger partial charge in [-0.15, -0.1) is 11.3 Å². The number of amides is 1. The number of hydrogen-bond acceptors (Lipinski definition) is 7. The maximum Gasteiger partial charge on any atom is 0.263 e. The minimum Gasteiger partial charge on any atom is -0.381 e. The van der Waals surface area contributed by atoms with E-state index in [0.29, 0.717) is 23.1 Å². The predicted molar refractivity (Wildman–Crippen MR) is 113 cm³/mol. The Morgan fingerprint density at radius 3 is 2.90 bits per heavy atom. The maximum absolute atomic E-state index is 13.5. The number of nitrogens with one attached hydrogen (secondary N) is 2. The normalized spacial score (nSPS) is 16.2. The lowest BCUT2D eigenvalue weighted by molar-refractivity contribution is 0.0949. The summed E-state index contributed by atoms with van der Waals surface area (Å²) in [6.45, 7) is 2.63. The van der Waals surface area contributed by atoms with Gasteiger partial charge >= 0.3 is 0 Å². The van der Waals surface area contributed by atoms with Gasteiger partial charge in [-0.3, -0.25) is 4.79 Å². The van der Waals surface area contributed by atoms with E-state index in [2.05, 4.69) is 20.6 Å². The molecule has 0 spiro atoms. The molecular formula is C20H17FN6OS. The highest BCUT2D eigenvalue weighted by molar-refractivity contribution is 7.21. The number of fused-ring (bicyclic) bond motifs is 5. The van der Waals surface area contributed by atoms with Crippen molar-refractivity contribution in [3.05, 3.63) is 47.5 Å². The molecule has 4 aromatic rings. The first kappa shape index (κ1) is 17.7. The Bertz CT molecular complexity index is 1270. The number of nitrogens with zero attached hydrogens (tertiary/aromatic N) is 4. The zero-order valence-corrected chi connectivity index (χ0v) is 16.5. The summed E-state index contributed by atoms with van der Waals surface area (Å²) in [4.78, 5) is 27.3. The molecule has 1 amide bonds. The van der Waals surface area contributed by atoms with Gasteiger partial charge in [-0.1, -0.05) is 0 Å². The summed E-state index contributed by atoms with van der Waals surface area (Å²) >= 11 is 1.48. The van der Waals surface area contributed by atoms with Crippen molar-refractivity contribution < 1.29 is 9.18 Å². The van der Waals surface area contributed by atoms with Crippen LogP contribution in [0.5, 0.6) is 0 Å². The molecule has 7 nitrogen and oxygen atoms in total. The third-order valence-electron chi connectivity index (χ3n) is 4.98. The molecule has 1 atom stereocenters. The number of anilines is 3. The van der Waals surface area contributed by atoms with Gasteiger partial charge in [0, 0.05) is 41.2 Å². The first-order valence-corrected chi connectivity index (χ1v) is 9.95. The molecule has 1 aliphatic heterocycles. The van der Waals surface area contributed by atoms with Crippen molar-refractivity contribution in [3.8, 4) is 0 Å². The molecule has 3 aromatic heterocycles. The molecule has 1 aliphatic rings. The quantitative estimate of drug-likeness (QED) is 0.492. The second-order valence-corrected chi connectivity index (χ2v) is 8.05. The summed E-state index contributed by atoms with van der Waals surface area (Å²) < 4.78 is 14.5. The van der Waals surface area contributed by atoms with Gasteiger partial charge in [0.2, 0.25) is 5.95 Å². The standard InChI is InChI=1S/C20H17FN6OS/c1-10-8-22-18-17-11-3-6-15(27(2)16-7-14(21)23-9-24-16)26-12(11)4-5-13(17)29-19(18)20(28)25-10/h3-7,9-10,22H,8H2,1-2H3,(H,25,28)/t10-/m0/s1. The number of thiophene rings is 1. The van der Waals surface area contributed by atoms with Crippen LogP contribution in [-0.4, -0.2) is 40.5 Å². The van der Waals surface area contributed by atoms with E-state index in [-0.39, 0.29) is 11.9 Å². The van der Waals surface area contributed by atoms with E-state index in [1.54, 1.807) is 11.9 Å². The summed E-state index contributed by atoms with van der Waals surface area (Å²) in [7, 11) is 1.78. The summed E-state index contributed by atoms with van der Waals surface area (Å²) in [6, 6.07) is 9.08. The Morgan fingerprint density at radius 2 is 2.07 bits per heavy atom. The van der Waals surface area contributed by atoms with Crippen molar-refractivity contribution >= 4 is 55.6 Å². The fraction of sp³-hybridized carbons (Fsp3) is 0.200. The highest BCUT2D eigenvalue weighted by Gasteiger charge is 2.24. The predicted octanol–water partition coefficient (Wildman–Crippen LogP) is 3.69. The van der Waals surface area contributed by atoms with E-state index in [1.807, 2.05) is 31.2 Å². The van der Waals surface area contributed by atoms with E-state index in [9.17, 15) is 9.18 Å². The third kappa shape index (κ3) is 2.94. The van der Waals surface area contributed by atoms with Gasteiger partial charge < -0.3 is 15.5 Å². The second-order valence-electron chi connectivity index (χ2n) is 6.99. The smallest absolute Gasteiger partial charge is 0.263 e. The van der Waals surface area contributed by atoms with Gasteiger partial charge in [0.15, 0.2) is 0 Å². The van der Waals surface area contributed by atoms with Crippen molar-refractivity contribution in [3.63, 3.8) is 0 Å². The lowest BCUT2D eigenvalue weighted by Crippen LogP contribution is -2.34. The van der Waals surface area contributed by atoms with Crippen LogP contribution in [0, 0.1) is 5.95 Å². The van der Waals surface area contributed by atoms with Crippen LogP contribution in [0.15, 0.2) is 36.7 Å². The molecule has 9 heteroatoms. The van der Waals surface area contributed by atoms with Gasteiger partial charge in [-0.05, 0) is 31.2 Å². The Morgan fingerprint density at radius 1 is 1.21 bits per heavy atom. The number of carbonyl (C=O) groups is 1. The van der Waals surface area contributed by atoms with Crippen LogP contribution in [0.2, 0.25) is 0 Å². The Kier molecular flexibility index (Phi) is 4.06. The fourth-order valence-electron chi connectivity index (χ4n) is 3.53. The van der Waals surface area contributed by atoms with Crippen LogP contribution in [0.1, 0.15) is 16.6 Å². The van der Waals surface area contributed by atoms with Gasteiger partial charge in [0.25, 0.3) is 5.91 Å². The Hall–Kier alpha value is -3.33. The fourth-order valence-corrected chi connectivity index (χ4v) is 4.62. The zero-order chi connectivity index (χ0) is 20.1. The highest BCUT2D eigenvalue weighted by atomic mass is 32.1. The molecule has 146 valence electrons. The third-order valence-corrected chi connectivity index (χ3v) is 6.14. The van der Waals surface area contributed by atoms with Crippen molar-refractivity contribution in [2.75, 3.05) is 23.8 Å². The molecule has 2 N–H and O–H groups in total. The van der Waals surface area contributed by atoms with Crippen LogP contribution in [0.4, 0.5) is 21.7 Å². The number of carbonyl (C=O) groups excluding carboxylic acids is 1. The molecule has 0 radical (unpaired) electrons. The zero-order valence-electron chi connectivity index (χ0n) is 15.7. The molecule has 29 heavy (non-hydrogen) atoms. The molecule has 4 heterocycles. The summed E-state index contributed by atoms with van der Waals surface area (Å²) in [5.41, 5.74) is 1.65. The average Bonchev–Trinajstić information content (AvgIpc) is 3.04. The van der Waals surface area contributed by atoms with Gasteiger partial charge in [0.1, 0.15) is 22.8 Å². The molecule has 0 saturated heterocycles. The number of pyridine rings is 1. The number of aromatic nitrogens is 3. The van der Waals surface area contributed by atoms with Crippen LogP contribution in [-0.2, 0) is 0 Å². The molecule has 0 fully saturated rings. The van der Waals surface area contributed by atoms with Crippen molar-refractivity contribution in [1.82, 2.24) is 20.3 Å². The second kappa shape index (κ2) is 6.63. The van der Waals surface area contributed by atoms with Crippen molar-refractivity contribution in [2.24, 2.45) is 0 Å². The Balaban J connectivity index is 1.65. The molecule has 0 saturated carbocycles. The monoisotopic (exact) mass is 408 g/mol. The van der Waals surface area contributed by atoms with E-state index < -0.39 is 5.95 Å². The minimum atomic E-state index is -0.594. The number of halogens is 1. The number of hydrogen-bond donors (Lipinski definition) is 2.